The fraction of sp³-hybridized carbons (Fsp3) is 0.333. The molecular weight excluding hydrogens is 536 g/mol. The summed E-state index contributed by atoms with van der Waals surface area (Å²) in [5.74, 6) is -0.762. The van der Waals surface area contributed by atoms with Crippen LogP contribution in [0.5, 0.6) is 11.5 Å². The van der Waals surface area contributed by atoms with Crippen LogP contribution in [0.1, 0.15) is 30.4 Å². The van der Waals surface area contributed by atoms with Crippen molar-refractivity contribution in [2.24, 2.45) is 0 Å². The van der Waals surface area contributed by atoms with Crippen LogP contribution in [0.2, 0.25) is 0 Å². The highest BCUT2D eigenvalue weighted by Crippen LogP contribution is 2.49. The summed E-state index contributed by atoms with van der Waals surface area (Å²) < 4.78 is 92.2. The molecule has 0 spiro atoms. The van der Waals surface area contributed by atoms with Gasteiger partial charge in [0.1, 0.15) is 17.2 Å². The van der Waals surface area contributed by atoms with Crippen LogP contribution in [0, 0.1) is 0 Å². The summed E-state index contributed by atoms with van der Waals surface area (Å²) >= 11 is 0. The lowest BCUT2D eigenvalue weighted by atomic mass is 9.77. The molecule has 9 nitrogen and oxygen atoms in total. The van der Waals surface area contributed by atoms with Crippen molar-refractivity contribution in [1.82, 2.24) is 25.5 Å². The van der Waals surface area contributed by atoms with E-state index in [1.54, 1.807) is 0 Å². The summed E-state index contributed by atoms with van der Waals surface area (Å²) in [5.41, 5.74) is -4.59. The van der Waals surface area contributed by atoms with Crippen LogP contribution < -0.4 is 20.5 Å². The number of nitrogens with one attached hydrogen (secondary N) is 2. The van der Waals surface area contributed by atoms with Crippen molar-refractivity contribution in [2.75, 3.05) is 13.7 Å². The summed E-state index contributed by atoms with van der Waals surface area (Å²) in [5, 5.41) is 10.9. The minimum atomic E-state index is -5.02. The number of hydrogen-bond acceptors (Lipinski definition) is 6. The van der Waals surface area contributed by atoms with Crippen molar-refractivity contribution < 1.29 is 40.6 Å². The molecule has 1 aliphatic heterocycles. The smallest absolute Gasteiger partial charge is 0.416 e. The second-order valence-electron chi connectivity index (χ2n) is 8.60. The van der Waals surface area contributed by atoms with Gasteiger partial charge >= 0.3 is 18.0 Å². The molecule has 39 heavy (non-hydrogen) atoms. The minimum absolute atomic E-state index is 0.0566. The number of halogens is 6. The van der Waals surface area contributed by atoms with E-state index in [1.807, 2.05) is 10.4 Å². The van der Waals surface area contributed by atoms with E-state index < -0.39 is 48.0 Å². The molecule has 3 aromatic rings. The van der Waals surface area contributed by atoms with Gasteiger partial charge < -0.3 is 14.8 Å². The molecule has 1 aromatic heterocycles. The normalized spacial score (nSPS) is 18.2. The Labute approximate surface area is 216 Å². The average Bonchev–Trinajstić information content (AvgIpc) is 3.30. The molecule has 2 heterocycles. The second kappa shape index (κ2) is 10.5. The number of tetrazole rings is 1. The van der Waals surface area contributed by atoms with Gasteiger partial charge in [-0.05, 0) is 57.8 Å². The van der Waals surface area contributed by atoms with Crippen LogP contribution in [-0.2, 0) is 10.3 Å². The monoisotopic (exact) mass is 557 g/mol. The highest BCUT2D eigenvalue weighted by Gasteiger charge is 2.60. The number of H-pyrrole nitrogens is 1. The number of carbonyl (C=O) groups excluding carboxylic acids is 1. The minimum Gasteiger partial charge on any atom is -0.497 e. The van der Waals surface area contributed by atoms with Gasteiger partial charge in [-0.25, -0.2) is 9.89 Å². The Balaban J connectivity index is 1.75. The first-order chi connectivity index (χ1) is 18.3. The van der Waals surface area contributed by atoms with Gasteiger partial charge in [-0.2, -0.15) is 31.0 Å². The molecule has 0 aliphatic carbocycles. The van der Waals surface area contributed by atoms with E-state index in [9.17, 15) is 35.9 Å². The topological polar surface area (TPSA) is 111 Å². The van der Waals surface area contributed by atoms with E-state index in [-0.39, 0.29) is 35.5 Å². The Hall–Kier alpha value is -4.30. The molecule has 0 saturated heterocycles. The number of amides is 1. The molecule has 1 unspecified atom stereocenters. The quantitative estimate of drug-likeness (QED) is 0.320. The average molecular weight is 557 g/mol. The molecule has 1 aliphatic rings. The number of methoxy groups -OCH3 is 1. The van der Waals surface area contributed by atoms with Crippen LogP contribution in [0.3, 0.4) is 0 Å². The third-order valence-electron chi connectivity index (χ3n) is 6.10. The maximum Gasteiger partial charge on any atom is 0.416 e. The lowest BCUT2D eigenvalue weighted by Gasteiger charge is -2.41. The number of benzene rings is 2. The van der Waals surface area contributed by atoms with E-state index in [2.05, 4.69) is 10.4 Å². The van der Waals surface area contributed by atoms with Gasteiger partial charge in [0.2, 0.25) is 0 Å². The van der Waals surface area contributed by atoms with E-state index >= 15 is 0 Å². The Morgan fingerprint density at radius 2 is 1.62 bits per heavy atom. The van der Waals surface area contributed by atoms with E-state index in [4.69, 9.17) is 9.47 Å². The fourth-order valence-corrected chi connectivity index (χ4v) is 4.19. The zero-order valence-corrected chi connectivity index (χ0v) is 20.2. The van der Waals surface area contributed by atoms with Crippen LogP contribution in [0.25, 0.3) is 11.3 Å². The summed E-state index contributed by atoms with van der Waals surface area (Å²) in [6, 6.07) is 10.4. The third kappa shape index (κ3) is 5.76. The summed E-state index contributed by atoms with van der Waals surface area (Å²) in [4.78, 5) is 25.5. The first kappa shape index (κ1) is 27.7. The molecule has 4 rings (SSSR count). The molecule has 1 amide bonds. The standard InChI is InChI=1S/C24H21F6N5O4/c1-38-16-7-3-14(4-8-16)18-13-22(24(28,29)30,31-20(36)19(18)35-21(37)32-33-34-35)15-5-9-17(10-6-15)39-12-2-11-23(25,26)27/h3-10H,2,11-13H2,1H3,(H,31,36)(H,32,34,37). The van der Waals surface area contributed by atoms with Crippen molar-refractivity contribution >= 4 is 17.2 Å². The van der Waals surface area contributed by atoms with E-state index in [0.29, 0.717) is 10.4 Å². The number of carbonyl (C=O) groups is 1. The zero-order chi connectivity index (χ0) is 28.4. The maximum atomic E-state index is 14.8. The van der Waals surface area contributed by atoms with E-state index in [0.717, 1.165) is 12.1 Å². The molecule has 0 bridgehead atoms. The largest absolute Gasteiger partial charge is 0.497 e. The van der Waals surface area contributed by atoms with Gasteiger partial charge in [0.25, 0.3) is 5.91 Å². The summed E-state index contributed by atoms with van der Waals surface area (Å²) in [6.45, 7) is -0.291. The number of hydrogen-bond donors (Lipinski definition) is 2. The Morgan fingerprint density at radius 3 is 2.15 bits per heavy atom. The number of rotatable bonds is 8. The molecule has 0 radical (unpaired) electrons. The Bertz CT molecular complexity index is 1410. The molecule has 208 valence electrons. The van der Waals surface area contributed by atoms with Gasteiger partial charge in [0.05, 0.1) is 13.7 Å². The van der Waals surface area contributed by atoms with Crippen molar-refractivity contribution in [3.05, 3.63) is 70.1 Å². The van der Waals surface area contributed by atoms with Crippen LogP contribution in [-0.4, -0.2) is 52.2 Å². The molecular formula is C24H21F6N5O4. The lowest BCUT2D eigenvalue weighted by Crippen LogP contribution is -2.59. The molecule has 15 heteroatoms. The Kier molecular flexibility index (Phi) is 7.44. The van der Waals surface area contributed by atoms with Crippen molar-refractivity contribution in [2.45, 2.75) is 37.2 Å². The maximum absolute atomic E-state index is 14.8. The van der Waals surface area contributed by atoms with Gasteiger partial charge in [-0.15, -0.1) is 0 Å². The number of nitrogens with zero attached hydrogens (tertiary/aromatic N) is 3. The van der Waals surface area contributed by atoms with Crippen molar-refractivity contribution in [1.29, 1.82) is 0 Å². The first-order valence-corrected chi connectivity index (χ1v) is 11.4. The summed E-state index contributed by atoms with van der Waals surface area (Å²) in [6.07, 6.45) is -11.6. The molecule has 2 N–H and O–H groups in total. The van der Waals surface area contributed by atoms with Gasteiger partial charge in [-0.3, -0.25) is 4.79 Å². The molecule has 0 fully saturated rings. The van der Waals surface area contributed by atoms with Crippen molar-refractivity contribution in [3.63, 3.8) is 0 Å². The van der Waals surface area contributed by atoms with E-state index in [1.165, 1.54) is 43.5 Å². The number of alkyl halides is 6. The fourth-order valence-electron chi connectivity index (χ4n) is 4.19. The van der Waals surface area contributed by atoms with Gasteiger partial charge in [-0.1, -0.05) is 24.3 Å². The third-order valence-corrected chi connectivity index (χ3v) is 6.10. The van der Waals surface area contributed by atoms with Crippen LogP contribution >= 0.6 is 0 Å². The SMILES string of the molecule is COc1ccc(C2=C(n3nn[nH]c3=O)C(=O)NC(c3ccc(OCCCC(F)(F)F)cc3)(C(F)(F)F)C2)cc1. The predicted molar refractivity (Wildman–Crippen MR) is 124 cm³/mol. The molecule has 2 aromatic carbocycles. The van der Waals surface area contributed by atoms with Crippen LogP contribution in [0.4, 0.5) is 26.3 Å². The van der Waals surface area contributed by atoms with Crippen LogP contribution in [0.15, 0.2) is 53.3 Å². The first-order valence-electron chi connectivity index (χ1n) is 11.4. The number of ether oxygens (including phenoxy) is 2. The highest BCUT2D eigenvalue weighted by atomic mass is 19.4. The summed E-state index contributed by atoms with van der Waals surface area (Å²) in [7, 11) is 1.40. The number of aromatic amines is 1. The predicted octanol–water partition coefficient (Wildman–Crippen LogP) is 4.04. The second-order valence-corrected chi connectivity index (χ2v) is 8.60. The Morgan fingerprint density at radius 1 is 0.974 bits per heavy atom. The highest BCUT2D eigenvalue weighted by molar-refractivity contribution is 6.23. The van der Waals surface area contributed by atoms with Gasteiger partial charge in [0.15, 0.2) is 5.54 Å². The molecule has 1 atom stereocenters. The van der Waals surface area contributed by atoms with Crippen molar-refractivity contribution in [3.8, 4) is 11.5 Å². The lowest BCUT2D eigenvalue weighted by molar-refractivity contribution is -0.201. The number of aromatic nitrogens is 4. The zero-order valence-electron chi connectivity index (χ0n) is 20.2. The van der Waals surface area contributed by atoms with Gasteiger partial charge in [0, 0.05) is 12.8 Å². The molecule has 0 saturated carbocycles.